The van der Waals surface area contributed by atoms with Crippen molar-refractivity contribution < 1.29 is 14.3 Å². The monoisotopic (exact) mass is 395 g/mol. The SMILES string of the molecule is COc1ccccc1N1CCN(C(=O)CC(NC(C)=O)c2ccc(C)cc2)CC1. The average Bonchev–Trinajstić information content (AvgIpc) is 2.73. The summed E-state index contributed by atoms with van der Waals surface area (Å²) in [7, 11) is 1.67. The molecule has 6 heteroatoms. The average molecular weight is 396 g/mol. The van der Waals surface area contributed by atoms with E-state index in [1.54, 1.807) is 7.11 Å². The molecule has 1 saturated heterocycles. The third-order valence-corrected chi connectivity index (χ3v) is 5.29. The van der Waals surface area contributed by atoms with Crippen molar-refractivity contribution >= 4 is 17.5 Å². The number of nitrogens with one attached hydrogen (secondary N) is 1. The Bertz CT molecular complexity index is 843. The number of rotatable bonds is 6. The smallest absolute Gasteiger partial charge is 0.225 e. The highest BCUT2D eigenvalue weighted by molar-refractivity contribution is 5.79. The van der Waals surface area contributed by atoms with E-state index >= 15 is 0 Å². The summed E-state index contributed by atoms with van der Waals surface area (Å²) in [6.45, 7) is 6.30. The third-order valence-electron chi connectivity index (χ3n) is 5.29. The van der Waals surface area contributed by atoms with Gasteiger partial charge in [0.05, 0.1) is 25.3 Å². The quantitative estimate of drug-likeness (QED) is 0.817. The van der Waals surface area contributed by atoms with Crippen molar-refractivity contribution in [3.63, 3.8) is 0 Å². The Morgan fingerprint density at radius 3 is 2.31 bits per heavy atom. The summed E-state index contributed by atoms with van der Waals surface area (Å²) in [4.78, 5) is 28.7. The number of amides is 2. The van der Waals surface area contributed by atoms with Crippen LogP contribution in [0, 0.1) is 6.92 Å². The van der Waals surface area contributed by atoms with Gasteiger partial charge in [-0.1, -0.05) is 42.0 Å². The molecule has 2 aromatic carbocycles. The minimum Gasteiger partial charge on any atom is -0.495 e. The highest BCUT2D eigenvalue weighted by Gasteiger charge is 2.25. The Morgan fingerprint density at radius 2 is 1.69 bits per heavy atom. The molecule has 1 unspecified atom stereocenters. The highest BCUT2D eigenvalue weighted by atomic mass is 16.5. The first-order valence-corrected chi connectivity index (χ1v) is 9.97. The maximum atomic E-state index is 12.9. The van der Waals surface area contributed by atoms with Gasteiger partial charge >= 0.3 is 0 Å². The lowest BCUT2D eigenvalue weighted by Gasteiger charge is -2.37. The van der Waals surface area contributed by atoms with Crippen molar-refractivity contribution in [2.75, 3.05) is 38.2 Å². The molecule has 3 rings (SSSR count). The zero-order valence-corrected chi connectivity index (χ0v) is 17.4. The van der Waals surface area contributed by atoms with E-state index in [4.69, 9.17) is 4.74 Å². The topological polar surface area (TPSA) is 61.9 Å². The van der Waals surface area contributed by atoms with Crippen LogP contribution in [0.1, 0.15) is 30.5 Å². The van der Waals surface area contributed by atoms with Crippen molar-refractivity contribution in [1.29, 1.82) is 0 Å². The summed E-state index contributed by atoms with van der Waals surface area (Å²) in [5.74, 6) is 0.769. The molecule has 0 spiro atoms. The van der Waals surface area contributed by atoms with Crippen LogP contribution in [0.3, 0.4) is 0 Å². The molecule has 2 amide bonds. The molecule has 1 aliphatic rings. The van der Waals surface area contributed by atoms with Gasteiger partial charge in [0, 0.05) is 33.1 Å². The normalized spacial score (nSPS) is 15.0. The van der Waals surface area contributed by atoms with Gasteiger partial charge in [0.15, 0.2) is 0 Å². The van der Waals surface area contributed by atoms with Crippen LogP contribution >= 0.6 is 0 Å². The van der Waals surface area contributed by atoms with Gasteiger partial charge in [-0.25, -0.2) is 0 Å². The predicted octanol–water partition coefficient (Wildman–Crippen LogP) is 2.92. The van der Waals surface area contributed by atoms with Gasteiger partial charge in [-0.3, -0.25) is 9.59 Å². The highest BCUT2D eigenvalue weighted by Crippen LogP contribution is 2.28. The van der Waals surface area contributed by atoms with Crippen LogP contribution in [0.15, 0.2) is 48.5 Å². The van der Waals surface area contributed by atoms with E-state index in [0.717, 1.165) is 35.7 Å². The molecule has 0 aromatic heterocycles. The van der Waals surface area contributed by atoms with E-state index in [-0.39, 0.29) is 24.3 Å². The Balaban J connectivity index is 1.63. The standard InChI is InChI=1S/C23H29N3O3/c1-17-8-10-19(11-9-17)20(24-18(2)27)16-23(28)26-14-12-25(13-15-26)21-6-4-5-7-22(21)29-3/h4-11,20H,12-16H2,1-3H3,(H,24,27). The lowest BCUT2D eigenvalue weighted by Crippen LogP contribution is -2.49. The van der Waals surface area contributed by atoms with Crippen LogP contribution in [-0.2, 0) is 9.59 Å². The molecule has 29 heavy (non-hydrogen) atoms. The summed E-state index contributed by atoms with van der Waals surface area (Å²) < 4.78 is 5.46. The van der Waals surface area contributed by atoms with Crippen LogP contribution in [0.5, 0.6) is 5.75 Å². The number of carbonyl (C=O) groups excluding carboxylic acids is 2. The summed E-state index contributed by atoms with van der Waals surface area (Å²) in [6.07, 6.45) is 0.261. The fraction of sp³-hybridized carbons (Fsp3) is 0.391. The van der Waals surface area contributed by atoms with Gasteiger partial charge in [-0.05, 0) is 24.6 Å². The molecule has 0 aliphatic carbocycles. The maximum Gasteiger partial charge on any atom is 0.225 e. The molecule has 6 nitrogen and oxygen atoms in total. The number of para-hydroxylation sites is 2. The molecule has 154 valence electrons. The maximum absolute atomic E-state index is 12.9. The molecule has 1 aliphatic heterocycles. The molecular weight excluding hydrogens is 366 g/mol. The van der Waals surface area contributed by atoms with E-state index in [1.807, 2.05) is 60.4 Å². The van der Waals surface area contributed by atoms with Crippen LogP contribution in [-0.4, -0.2) is 50.0 Å². The molecule has 1 fully saturated rings. The van der Waals surface area contributed by atoms with Crippen LogP contribution in [0.25, 0.3) is 0 Å². The van der Waals surface area contributed by atoms with Gasteiger partial charge in [0.1, 0.15) is 5.75 Å². The van der Waals surface area contributed by atoms with Crippen LogP contribution in [0.4, 0.5) is 5.69 Å². The zero-order chi connectivity index (χ0) is 20.8. The number of hydrogen-bond acceptors (Lipinski definition) is 4. The number of aryl methyl sites for hydroxylation is 1. The molecule has 0 saturated carbocycles. The molecule has 1 atom stereocenters. The minimum atomic E-state index is -0.312. The summed E-state index contributed by atoms with van der Waals surface area (Å²) in [5, 5.41) is 2.92. The fourth-order valence-corrected chi connectivity index (χ4v) is 3.69. The van der Waals surface area contributed by atoms with Gasteiger partial charge in [-0.15, -0.1) is 0 Å². The number of nitrogens with zero attached hydrogens (tertiary/aromatic N) is 2. The Hall–Kier alpha value is -3.02. The number of methoxy groups -OCH3 is 1. The molecule has 2 aromatic rings. The predicted molar refractivity (Wildman–Crippen MR) is 114 cm³/mol. The van der Waals surface area contributed by atoms with Crippen molar-refractivity contribution in [3.05, 3.63) is 59.7 Å². The van der Waals surface area contributed by atoms with E-state index < -0.39 is 0 Å². The van der Waals surface area contributed by atoms with Crippen LogP contribution < -0.4 is 15.0 Å². The molecule has 0 bridgehead atoms. The Kier molecular flexibility index (Phi) is 6.75. The van der Waals surface area contributed by atoms with Crippen molar-refractivity contribution in [2.45, 2.75) is 26.3 Å². The number of piperazine rings is 1. The molecule has 1 N–H and O–H groups in total. The second-order valence-corrected chi connectivity index (χ2v) is 7.41. The fourth-order valence-electron chi connectivity index (χ4n) is 3.69. The molecule has 1 heterocycles. The number of ether oxygens (including phenoxy) is 1. The largest absolute Gasteiger partial charge is 0.495 e. The molecular formula is C23H29N3O3. The third kappa shape index (κ3) is 5.28. The lowest BCUT2D eigenvalue weighted by molar-refractivity contribution is -0.132. The Labute approximate surface area is 172 Å². The van der Waals surface area contributed by atoms with Crippen LogP contribution in [0.2, 0.25) is 0 Å². The zero-order valence-electron chi connectivity index (χ0n) is 17.4. The second kappa shape index (κ2) is 9.45. The number of carbonyl (C=O) groups is 2. The van der Waals surface area contributed by atoms with E-state index in [2.05, 4.69) is 10.2 Å². The van der Waals surface area contributed by atoms with Crippen molar-refractivity contribution in [1.82, 2.24) is 10.2 Å². The number of benzene rings is 2. The second-order valence-electron chi connectivity index (χ2n) is 7.41. The van der Waals surface area contributed by atoms with E-state index in [9.17, 15) is 9.59 Å². The van der Waals surface area contributed by atoms with Gasteiger partial charge < -0.3 is 19.9 Å². The number of hydrogen-bond donors (Lipinski definition) is 1. The minimum absolute atomic E-state index is 0.0593. The first-order valence-electron chi connectivity index (χ1n) is 9.97. The van der Waals surface area contributed by atoms with Gasteiger partial charge in [-0.2, -0.15) is 0 Å². The van der Waals surface area contributed by atoms with Crippen molar-refractivity contribution in [3.8, 4) is 5.75 Å². The van der Waals surface area contributed by atoms with Gasteiger partial charge in [0.25, 0.3) is 0 Å². The van der Waals surface area contributed by atoms with Gasteiger partial charge in [0.2, 0.25) is 11.8 Å². The lowest BCUT2D eigenvalue weighted by atomic mass is 10.0. The summed E-state index contributed by atoms with van der Waals surface area (Å²) in [5.41, 5.74) is 3.15. The summed E-state index contributed by atoms with van der Waals surface area (Å²) in [6, 6.07) is 15.6. The first-order chi connectivity index (χ1) is 14.0. The van der Waals surface area contributed by atoms with E-state index in [0.29, 0.717) is 13.1 Å². The van der Waals surface area contributed by atoms with Crippen molar-refractivity contribution in [2.24, 2.45) is 0 Å². The summed E-state index contributed by atoms with van der Waals surface area (Å²) >= 11 is 0. The van der Waals surface area contributed by atoms with E-state index in [1.165, 1.54) is 6.92 Å². The first kappa shape index (κ1) is 20.7. The Morgan fingerprint density at radius 1 is 1.03 bits per heavy atom. The molecule has 0 radical (unpaired) electrons. The number of anilines is 1.